The standard InChI is InChI=1S/C19H18BrClN4O3S/c20-13-5-6-17(15(21)11-13)29(27,28)25-9-7-24(8-10-25)12-18-22-16-4-2-1-3-14(16)19(26)23-18/h1-6,11H,7-10,12H2,(H,22,23,26). The highest BCUT2D eigenvalue weighted by Gasteiger charge is 2.30. The van der Waals surface area contributed by atoms with E-state index in [1.165, 1.54) is 10.4 Å². The van der Waals surface area contributed by atoms with E-state index in [9.17, 15) is 13.2 Å². The van der Waals surface area contributed by atoms with Crippen LogP contribution >= 0.6 is 27.5 Å². The van der Waals surface area contributed by atoms with Gasteiger partial charge < -0.3 is 4.98 Å². The van der Waals surface area contributed by atoms with Crippen LogP contribution < -0.4 is 5.56 Å². The molecule has 0 saturated carbocycles. The number of sulfonamides is 1. The molecule has 2 aromatic carbocycles. The second kappa shape index (κ2) is 8.16. The van der Waals surface area contributed by atoms with Crippen LogP contribution in [0.1, 0.15) is 5.82 Å². The Morgan fingerprint density at radius 2 is 1.83 bits per heavy atom. The van der Waals surface area contributed by atoms with Gasteiger partial charge in [0, 0.05) is 30.7 Å². The van der Waals surface area contributed by atoms with Crippen LogP contribution in [0, 0.1) is 0 Å². The molecule has 0 amide bonds. The molecular formula is C19H18BrClN4O3S. The predicted molar refractivity (Wildman–Crippen MR) is 116 cm³/mol. The van der Waals surface area contributed by atoms with E-state index in [-0.39, 0.29) is 15.5 Å². The largest absolute Gasteiger partial charge is 0.309 e. The normalized spacial score (nSPS) is 16.3. The molecule has 7 nitrogen and oxygen atoms in total. The molecule has 10 heteroatoms. The molecular weight excluding hydrogens is 480 g/mol. The van der Waals surface area contributed by atoms with Gasteiger partial charge in [-0.15, -0.1) is 0 Å². The molecule has 1 aliphatic rings. The molecule has 0 atom stereocenters. The summed E-state index contributed by atoms with van der Waals surface area (Å²) in [6, 6.07) is 11.9. The number of benzene rings is 2. The molecule has 1 aliphatic heterocycles. The summed E-state index contributed by atoms with van der Waals surface area (Å²) in [6.07, 6.45) is 0. The lowest BCUT2D eigenvalue weighted by Gasteiger charge is -2.33. The van der Waals surface area contributed by atoms with Crippen LogP contribution in [0.5, 0.6) is 0 Å². The van der Waals surface area contributed by atoms with Crippen molar-refractivity contribution in [1.82, 2.24) is 19.2 Å². The van der Waals surface area contributed by atoms with Crippen molar-refractivity contribution in [1.29, 1.82) is 0 Å². The van der Waals surface area contributed by atoms with E-state index in [1.54, 1.807) is 30.3 Å². The molecule has 1 N–H and O–H groups in total. The quantitative estimate of drug-likeness (QED) is 0.599. The molecule has 3 aromatic rings. The van der Waals surface area contributed by atoms with Crippen molar-refractivity contribution in [2.45, 2.75) is 11.4 Å². The van der Waals surface area contributed by atoms with Crippen molar-refractivity contribution in [3.63, 3.8) is 0 Å². The predicted octanol–water partition coefficient (Wildman–Crippen LogP) is 2.85. The highest BCUT2D eigenvalue weighted by Crippen LogP contribution is 2.28. The summed E-state index contributed by atoms with van der Waals surface area (Å²) in [4.78, 5) is 21.7. The number of aromatic amines is 1. The van der Waals surface area contributed by atoms with Gasteiger partial charge in [0.1, 0.15) is 10.7 Å². The van der Waals surface area contributed by atoms with Crippen LogP contribution in [0.3, 0.4) is 0 Å². The summed E-state index contributed by atoms with van der Waals surface area (Å²) in [5, 5.41) is 0.748. The molecule has 2 heterocycles. The fraction of sp³-hybridized carbons (Fsp3) is 0.263. The number of nitrogens with zero attached hydrogens (tertiary/aromatic N) is 3. The van der Waals surface area contributed by atoms with E-state index in [0.29, 0.717) is 49.5 Å². The number of piperazine rings is 1. The maximum atomic E-state index is 12.9. The number of H-pyrrole nitrogens is 1. The summed E-state index contributed by atoms with van der Waals surface area (Å²) in [7, 11) is -3.66. The molecule has 29 heavy (non-hydrogen) atoms. The van der Waals surface area contributed by atoms with E-state index in [0.717, 1.165) is 4.47 Å². The van der Waals surface area contributed by atoms with Gasteiger partial charge in [-0.05, 0) is 30.3 Å². The van der Waals surface area contributed by atoms with E-state index >= 15 is 0 Å². The van der Waals surface area contributed by atoms with E-state index < -0.39 is 10.0 Å². The van der Waals surface area contributed by atoms with Gasteiger partial charge in [-0.1, -0.05) is 39.7 Å². The van der Waals surface area contributed by atoms with Gasteiger partial charge in [0.15, 0.2) is 0 Å². The SMILES string of the molecule is O=c1[nH]c(CN2CCN(S(=O)(=O)c3ccc(Br)cc3Cl)CC2)nc2ccccc12. The van der Waals surface area contributed by atoms with E-state index in [1.807, 2.05) is 6.07 Å². The van der Waals surface area contributed by atoms with Gasteiger partial charge in [-0.3, -0.25) is 9.69 Å². The zero-order valence-electron chi connectivity index (χ0n) is 15.3. The minimum absolute atomic E-state index is 0.108. The van der Waals surface area contributed by atoms with Crippen molar-refractivity contribution in [2.24, 2.45) is 0 Å². The van der Waals surface area contributed by atoms with Gasteiger partial charge in [-0.25, -0.2) is 13.4 Å². The number of halogens is 2. The topological polar surface area (TPSA) is 86.4 Å². The lowest BCUT2D eigenvalue weighted by molar-refractivity contribution is 0.178. The Kier molecular flexibility index (Phi) is 5.76. The third-order valence-corrected chi connectivity index (χ3v) is 7.75. The Hall–Kier alpha value is -1.78. The van der Waals surface area contributed by atoms with E-state index in [2.05, 4.69) is 30.8 Å². The zero-order valence-corrected chi connectivity index (χ0v) is 18.5. The molecule has 0 spiro atoms. The minimum Gasteiger partial charge on any atom is -0.309 e. The molecule has 0 radical (unpaired) electrons. The van der Waals surface area contributed by atoms with Crippen molar-refractivity contribution < 1.29 is 8.42 Å². The number of hydrogen-bond acceptors (Lipinski definition) is 5. The van der Waals surface area contributed by atoms with Crippen LogP contribution in [0.4, 0.5) is 0 Å². The van der Waals surface area contributed by atoms with Gasteiger partial charge >= 0.3 is 0 Å². The Morgan fingerprint density at radius 1 is 1.10 bits per heavy atom. The lowest BCUT2D eigenvalue weighted by Crippen LogP contribution is -2.48. The smallest absolute Gasteiger partial charge is 0.258 e. The Morgan fingerprint density at radius 3 is 2.55 bits per heavy atom. The average Bonchev–Trinajstić information content (AvgIpc) is 2.68. The maximum absolute atomic E-state index is 12.9. The fourth-order valence-corrected chi connectivity index (χ4v) is 5.81. The Labute approximate surface area is 181 Å². The summed E-state index contributed by atoms with van der Waals surface area (Å²) in [5.74, 6) is 0.570. The number of hydrogen-bond donors (Lipinski definition) is 1. The number of nitrogens with one attached hydrogen (secondary N) is 1. The fourth-order valence-electron chi connectivity index (χ4n) is 3.37. The molecule has 1 fully saturated rings. The summed E-state index contributed by atoms with van der Waals surface area (Å²) >= 11 is 9.43. The van der Waals surface area contributed by atoms with Crippen molar-refractivity contribution in [3.8, 4) is 0 Å². The van der Waals surface area contributed by atoms with Gasteiger partial charge in [0.05, 0.1) is 22.5 Å². The molecule has 152 valence electrons. The van der Waals surface area contributed by atoms with Gasteiger partial charge in [0.2, 0.25) is 10.0 Å². The van der Waals surface area contributed by atoms with Crippen LogP contribution in [-0.2, 0) is 16.6 Å². The first-order valence-electron chi connectivity index (χ1n) is 9.00. The Balaban J connectivity index is 1.46. The zero-order chi connectivity index (χ0) is 20.6. The van der Waals surface area contributed by atoms with Crippen LogP contribution in [0.25, 0.3) is 10.9 Å². The van der Waals surface area contributed by atoms with Crippen LogP contribution in [-0.4, -0.2) is 53.8 Å². The summed E-state index contributed by atoms with van der Waals surface area (Å²) < 4.78 is 28.0. The van der Waals surface area contributed by atoms with Crippen molar-refractivity contribution >= 4 is 48.5 Å². The highest BCUT2D eigenvalue weighted by molar-refractivity contribution is 9.10. The van der Waals surface area contributed by atoms with Crippen LogP contribution in [0.15, 0.2) is 56.6 Å². The van der Waals surface area contributed by atoms with Crippen molar-refractivity contribution in [3.05, 3.63) is 68.1 Å². The first-order valence-corrected chi connectivity index (χ1v) is 11.6. The molecule has 0 unspecified atom stereocenters. The second-order valence-corrected chi connectivity index (χ2v) is 10.0. The molecule has 1 saturated heterocycles. The van der Waals surface area contributed by atoms with Crippen molar-refractivity contribution in [2.75, 3.05) is 26.2 Å². The molecule has 4 rings (SSSR count). The number of fused-ring (bicyclic) bond motifs is 1. The lowest BCUT2D eigenvalue weighted by atomic mass is 10.2. The number of rotatable bonds is 4. The number of para-hydroxylation sites is 1. The first kappa shape index (κ1) is 20.5. The molecule has 0 bridgehead atoms. The van der Waals surface area contributed by atoms with Gasteiger partial charge in [0.25, 0.3) is 5.56 Å². The monoisotopic (exact) mass is 496 g/mol. The minimum atomic E-state index is -3.66. The molecule has 1 aromatic heterocycles. The van der Waals surface area contributed by atoms with E-state index in [4.69, 9.17) is 11.6 Å². The third kappa shape index (κ3) is 4.24. The summed E-state index contributed by atoms with van der Waals surface area (Å²) in [5.41, 5.74) is 0.481. The first-order chi connectivity index (χ1) is 13.8. The maximum Gasteiger partial charge on any atom is 0.258 e. The second-order valence-electron chi connectivity index (χ2n) is 6.78. The highest BCUT2D eigenvalue weighted by atomic mass is 79.9. The number of aromatic nitrogens is 2. The van der Waals surface area contributed by atoms with Gasteiger partial charge in [-0.2, -0.15) is 4.31 Å². The molecule has 0 aliphatic carbocycles. The van der Waals surface area contributed by atoms with Crippen LogP contribution in [0.2, 0.25) is 5.02 Å². The average molecular weight is 498 g/mol. The summed E-state index contributed by atoms with van der Waals surface area (Å²) in [6.45, 7) is 2.19. The Bertz CT molecular complexity index is 1220. The third-order valence-electron chi connectivity index (χ3n) is 4.88.